The van der Waals surface area contributed by atoms with Crippen molar-refractivity contribution in [2.45, 2.75) is 78.4 Å². The molecular formula is C20H30O2. The second kappa shape index (κ2) is 5.88. The molecule has 2 heteroatoms. The lowest BCUT2D eigenvalue weighted by atomic mass is 9.89. The Morgan fingerprint density at radius 1 is 1.27 bits per heavy atom. The number of allylic oxidation sites excluding steroid dienone is 1. The van der Waals surface area contributed by atoms with Crippen molar-refractivity contribution in [3.05, 3.63) is 28.7 Å². The Morgan fingerprint density at radius 2 is 2.05 bits per heavy atom. The van der Waals surface area contributed by atoms with Crippen LogP contribution in [-0.2, 0) is 11.2 Å². The molecule has 2 bridgehead atoms. The Balaban J connectivity index is 1.89. The predicted molar refractivity (Wildman–Crippen MR) is 90.9 cm³/mol. The van der Waals surface area contributed by atoms with Crippen LogP contribution in [0.5, 0.6) is 0 Å². The molecule has 3 heterocycles. The molecular weight excluding hydrogens is 272 g/mol. The largest absolute Gasteiger partial charge is 0.461 e. The number of epoxide rings is 1. The standard InChI is InChI=1S/C20H30O2/c1-13(2)16-8-9-20(5)19(22-20)7-6-14(3)10-17-11-15(4)18(12-16)21-17/h11-14,19H,6-10H2,1-5H3. The predicted octanol–water partition coefficient (Wildman–Crippen LogP) is 5.54. The van der Waals surface area contributed by atoms with Gasteiger partial charge in [0.15, 0.2) is 0 Å². The van der Waals surface area contributed by atoms with Gasteiger partial charge in [-0.1, -0.05) is 26.3 Å². The van der Waals surface area contributed by atoms with Crippen LogP contribution in [-0.4, -0.2) is 11.7 Å². The first-order chi connectivity index (χ1) is 10.4. The zero-order valence-electron chi connectivity index (χ0n) is 14.7. The van der Waals surface area contributed by atoms with Crippen LogP contribution in [0, 0.1) is 18.8 Å². The molecule has 0 aromatic carbocycles. The summed E-state index contributed by atoms with van der Waals surface area (Å²) in [6, 6.07) is 2.23. The molecule has 2 aliphatic heterocycles. The molecule has 1 fully saturated rings. The van der Waals surface area contributed by atoms with E-state index in [1.54, 1.807) is 0 Å². The van der Waals surface area contributed by atoms with Crippen LogP contribution in [0.25, 0.3) is 6.08 Å². The second-order valence-electron chi connectivity index (χ2n) is 7.94. The Morgan fingerprint density at radius 3 is 2.77 bits per heavy atom. The van der Waals surface area contributed by atoms with Gasteiger partial charge in [0.25, 0.3) is 0 Å². The third kappa shape index (κ3) is 3.32. The molecule has 0 aliphatic carbocycles. The van der Waals surface area contributed by atoms with E-state index in [9.17, 15) is 0 Å². The van der Waals surface area contributed by atoms with Gasteiger partial charge >= 0.3 is 0 Å². The van der Waals surface area contributed by atoms with Crippen molar-refractivity contribution in [1.29, 1.82) is 0 Å². The molecule has 0 amide bonds. The number of hydrogen-bond donors (Lipinski definition) is 0. The summed E-state index contributed by atoms with van der Waals surface area (Å²) in [5.41, 5.74) is 2.86. The highest BCUT2D eigenvalue weighted by molar-refractivity contribution is 5.52. The summed E-state index contributed by atoms with van der Waals surface area (Å²) in [6.45, 7) is 11.3. The highest BCUT2D eigenvalue weighted by atomic mass is 16.6. The van der Waals surface area contributed by atoms with Crippen molar-refractivity contribution in [2.24, 2.45) is 11.8 Å². The van der Waals surface area contributed by atoms with E-state index in [0.717, 1.165) is 30.8 Å². The first-order valence-electron chi connectivity index (χ1n) is 8.85. The van der Waals surface area contributed by atoms with Gasteiger partial charge < -0.3 is 9.15 Å². The van der Waals surface area contributed by atoms with Crippen molar-refractivity contribution in [1.82, 2.24) is 0 Å². The van der Waals surface area contributed by atoms with Gasteiger partial charge in [0.1, 0.15) is 11.5 Å². The Bertz CT molecular complexity index is 566. The van der Waals surface area contributed by atoms with E-state index in [0.29, 0.717) is 17.9 Å². The lowest BCUT2D eigenvalue weighted by Crippen LogP contribution is -2.12. The van der Waals surface area contributed by atoms with Crippen LogP contribution in [0.3, 0.4) is 0 Å². The number of aryl methyl sites for hydroxylation is 1. The molecule has 2 aliphatic rings. The van der Waals surface area contributed by atoms with E-state index in [1.165, 1.54) is 24.0 Å². The Hall–Kier alpha value is -1.02. The lowest BCUT2D eigenvalue weighted by Gasteiger charge is -2.13. The number of furan rings is 1. The molecule has 2 nitrogen and oxygen atoms in total. The van der Waals surface area contributed by atoms with Crippen LogP contribution < -0.4 is 0 Å². The van der Waals surface area contributed by atoms with Gasteiger partial charge in [-0.3, -0.25) is 0 Å². The van der Waals surface area contributed by atoms with E-state index < -0.39 is 0 Å². The van der Waals surface area contributed by atoms with E-state index >= 15 is 0 Å². The fraction of sp³-hybridized carbons (Fsp3) is 0.700. The third-order valence-electron chi connectivity index (χ3n) is 5.48. The number of rotatable bonds is 1. The quantitative estimate of drug-likeness (QED) is 0.637. The maximum Gasteiger partial charge on any atom is 0.129 e. The molecule has 1 aromatic heterocycles. The minimum absolute atomic E-state index is 0.115. The molecule has 122 valence electrons. The van der Waals surface area contributed by atoms with Crippen molar-refractivity contribution in [3.8, 4) is 0 Å². The molecule has 3 rings (SSSR count). The molecule has 1 aromatic rings. The maximum absolute atomic E-state index is 6.13. The third-order valence-corrected chi connectivity index (χ3v) is 5.48. The van der Waals surface area contributed by atoms with E-state index in [2.05, 4.69) is 46.8 Å². The normalized spacial score (nSPS) is 32.5. The molecule has 0 saturated carbocycles. The van der Waals surface area contributed by atoms with Crippen molar-refractivity contribution < 1.29 is 9.15 Å². The summed E-state index contributed by atoms with van der Waals surface area (Å²) in [6.07, 6.45) is 8.43. The molecule has 0 spiro atoms. The minimum atomic E-state index is 0.115. The highest BCUT2D eigenvalue weighted by Crippen LogP contribution is 2.45. The number of fused-ring (bicyclic) bond motifs is 3. The van der Waals surface area contributed by atoms with Crippen LogP contribution in [0.2, 0.25) is 0 Å². The van der Waals surface area contributed by atoms with E-state index in [-0.39, 0.29) is 5.60 Å². The smallest absolute Gasteiger partial charge is 0.129 e. The highest BCUT2D eigenvalue weighted by Gasteiger charge is 2.50. The maximum atomic E-state index is 6.13. The van der Waals surface area contributed by atoms with Gasteiger partial charge in [0.05, 0.1) is 11.7 Å². The van der Waals surface area contributed by atoms with E-state index in [4.69, 9.17) is 9.15 Å². The summed E-state index contributed by atoms with van der Waals surface area (Å²) in [5, 5.41) is 0. The van der Waals surface area contributed by atoms with Crippen LogP contribution >= 0.6 is 0 Å². The van der Waals surface area contributed by atoms with Crippen molar-refractivity contribution in [2.75, 3.05) is 0 Å². The first kappa shape index (κ1) is 15.9. The molecule has 0 N–H and O–H groups in total. The van der Waals surface area contributed by atoms with Gasteiger partial charge in [0.2, 0.25) is 0 Å². The van der Waals surface area contributed by atoms with Crippen LogP contribution in [0.15, 0.2) is 16.1 Å². The monoisotopic (exact) mass is 302 g/mol. The van der Waals surface area contributed by atoms with Gasteiger partial charge in [-0.15, -0.1) is 0 Å². The summed E-state index contributed by atoms with van der Waals surface area (Å²) in [7, 11) is 0. The minimum Gasteiger partial charge on any atom is -0.461 e. The number of ether oxygens (including phenoxy) is 1. The zero-order valence-corrected chi connectivity index (χ0v) is 14.7. The average Bonchev–Trinajstić information content (AvgIpc) is 2.96. The molecule has 3 atom stereocenters. The fourth-order valence-corrected chi connectivity index (χ4v) is 3.65. The van der Waals surface area contributed by atoms with Gasteiger partial charge in [-0.05, 0) is 69.1 Å². The first-order valence-corrected chi connectivity index (χ1v) is 8.85. The number of hydrogen-bond acceptors (Lipinski definition) is 2. The Labute approximate surface area is 134 Å². The van der Waals surface area contributed by atoms with Crippen molar-refractivity contribution >= 4 is 6.08 Å². The topological polar surface area (TPSA) is 25.7 Å². The summed E-state index contributed by atoms with van der Waals surface area (Å²) >= 11 is 0. The van der Waals surface area contributed by atoms with Gasteiger partial charge in [-0.2, -0.15) is 0 Å². The van der Waals surface area contributed by atoms with Crippen LogP contribution in [0.1, 0.15) is 70.5 Å². The zero-order chi connectivity index (χ0) is 15.9. The molecule has 0 radical (unpaired) electrons. The van der Waals surface area contributed by atoms with Crippen molar-refractivity contribution in [3.63, 3.8) is 0 Å². The molecule has 3 unspecified atom stereocenters. The average molecular weight is 302 g/mol. The Kier molecular flexibility index (Phi) is 4.24. The SMILES string of the molecule is Cc1cc2oc1C=C(C(C)C)CCC1(C)OC1CCC(C)C2. The second-order valence-corrected chi connectivity index (χ2v) is 7.94. The summed E-state index contributed by atoms with van der Waals surface area (Å²) in [5.74, 6) is 3.40. The molecule has 1 saturated heterocycles. The fourth-order valence-electron chi connectivity index (χ4n) is 3.65. The summed E-state index contributed by atoms with van der Waals surface area (Å²) < 4.78 is 12.2. The van der Waals surface area contributed by atoms with Gasteiger partial charge in [-0.25, -0.2) is 0 Å². The molecule has 22 heavy (non-hydrogen) atoms. The lowest BCUT2D eigenvalue weighted by molar-refractivity contribution is 0.288. The van der Waals surface area contributed by atoms with Gasteiger partial charge in [0, 0.05) is 6.42 Å². The summed E-state index contributed by atoms with van der Waals surface area (Å²) in [4.78, 5) is 0. The van der Waals surface area contributed by atoms with E-state index in [1.807, 2.05) is 0 Å². The van der Waals surface area contributed by atoms with Crippen LogP contribution in [0.4, 0.5) is 0 Å².